The van der Waals surface area contributed by atoms with Crippen LogP contribution in [0.4, 0.5) is 0 Å². The zero-order chi connectivity index (χ0) is 11.6. The third kappa shape index (κ3) is 2.10. The van der Waals surface area contributed by atoms with Gasteiger partial charge in [-0.05, 0) is 32.9 Å². The van der Waals surface area contributed by atoms with Crippen molar-refractivity contribution in [1.82, 2.24) is 19.9 Å². The van der Waals surface area contributed by atoms with Crippen LogP contribution in [-0.2, 0) is 12.1 Å². The maximum absolute atomic E-state index is 10.7. The molecular weight excluding hydrogens is 204 g/mol. The molecule has 0 spiro atoms. The van der Waals surface area contributed by atoms with Gasteiger partial charge in [0, 0.05) is 13.1 Å². The first kappa shape index (κ1) is 11.5. The van der Waals surface area contributed by atoms with Gasteiger partial charge < -0.3 is 10.0 Å². The molecule has 1 saturated heterocycles. The summed E-state index contributed by atoms with van der Waals surface area (Å²) in [6.45, 7) is 4.64. The summed E-state index contributed by atoms with van der Waals surface area (Å²) >= 11 is 0. The Labute approximate surface area is 96.1 Å². The third-order valence-electron chi connectivity index (χ3n) is 3.19. The van der Waals surface area contributed by atoms with Crippen molar-refractivity contribution in [2.75, 3.05) is 20.1 Å². The standard InChI is InChI=1S/C11H20N4O/c1-3-6-15-10(8-12-13-15)11(16)5-4-7-14(2)9-11/h8,16H,3-7,9H2,1-2H3. The monoisotopic (exact) mass is 224 g/mol. The quantitative estimate of drug-likeness (QED) is 0.817. The van der Waals surface area contributed by atoms with Gasteiger partial charge in [0.25, 0.3) is 0 Å². The number of rotatable bonds is 3. The Morgan fingerprint density at radius 3 is 3.06 bits per heavy atom. The molecule has 0 bridgehead atoms. The number of piperidine rings is 1. The Balaban J connectivity index is 2.23. The second kappa shape index (κ2) is 4.51. The Morgan fingerprint density at radius 2 is 2.38 bits per heavy atom. The lowest BCUT2D eigenvalue weighted by Crippen LogP contribution is -2.45. The minimum absolute atomic E-state index is 0.671. The highest BCUT2D eigenvalue weighted by atomic mass is 16.3. The van der Waals surface area contributed by atoms with Gasteiger partial charge in [0.1, 0.15) is 5.60 Å². The van der Waals surface area contributed by atoms with E-state index in [9.17, 15) is 5.11 Å². The topological polar surface area (TPSA) is 54.2 Å². The maximum Gasteiger partial charge on any atom is 0.120 e. The highest BCUT2D eigenvalue weighted by molar-refractivity contribution is 5.10. The lowest BCUT2D eigenvalue weighted by atomic mass is 9.90. The molecule has 5 heteroatoms. The molecule has 0 aromatic carbocycles. The van der Waals surface area contributed by atoms with Crippen LogP contribution in [0.2, 0.25) is 0 Å². The molecule has 1 N–H and O–H groups in total. The number of likely N-dealkylation sites (tertiary alicyclic amines) is 1. The van der Waals surface area contributed by atoms with Crippen LogP contribution >= 0.6 is 0 Å². The van der Waals surface area contributed by atoms with Gasteiger partial charge in [0.15, 0.2) is 0 Å². The summed E-state index contributed by atoms with van der Waals surface area (Å²) < 4.78 is 1.83. The van der Waals surface area contributed by atoms with E-state index in [4.69, 9.17) is 0 Å². The molecule has 16 heavy (non-hydrogen) atoms. The summed E-state index contributed by atoms with van der Waals surface area (Å²) in [6, 6.07) is 0. The molecule has 1 atom stereocenters. The molecule has 5 nitrogen and oxygen atoms in total. The summed E-state index contributed by atoms with van der Waals surface area (Å²) in [5.41, 5.74) is 0.0898. The van der Waals surface area contributed by atoms with Crippen LogP contribution < -0.4 is 0 Å². The van der Waals surface area contributed by atoms with E-state index in [1.807, 2.05) is 11.7 Å². The third-order valence-corrected chi connectivity index (χ3v) is 3.19. The Bertz CT molecular complexity index is 352. The second-order valence-corrected chi connectivity index (χ2v) is 4.72. The summed E-state index contributed by atoms with van der Waals surface area (Å²) in [7, 11) is 2.04. The molecule has 2 heterocycles. The predicted octanol–water partition coefficient (Wildman–Crippen LogP) is 0.601. The fraction of sp³-hybridized carbons (Fsp3) is 0.818. The molecule has 0 aliphatic carbocycles. The normalized spacial score (nSPS) is 27.2. The minimum Gasteiger partial charge on any atom is -0.382 e. The van der Waals surface area contributed by atoms with Gasteiger partial charge in [-0.15, -0.1) is 5.10 Å². The lowest BCUT2D eigenvalue weighted by Gasteiger charge is -2.37. The number of nitrogens with zero attached hydrogens (tertiary/aromatic N) is 4. The average Bonchev–Trinajstić information content (AvgIpc) is 2.67. The summed E-state index contributed by atoms with van der Waals surface area (Å²) in [6.07, 6.45) is 4.52. The molecule has 1 aliphatic rings. The van der Waals surface area contributed by atoms with Crippen LogP contribution in [-0.4, -0.2) is 45.1 Å². The van der Waals surface area contributed by atoms with Gasteiger partial charge in [0.05, 0.1) is 11.9 Å². The second-order valence-electron chi connectivity index (χ2n) is 4.72. The van der Waals surface area contributed by atoms with Crippen molar-refractivity contribution in [3.05, 3.63) is 11.9 Å². The molecule has 0 saturated carbocycles. The first-order chi connectivity index (χ1) is 7.65. The maximum atomic E-state index is 10.7. The zero-order valence-corrected chi connectivity index (χ0v) is 10.1. The zero-order valence-electron chi connectivity index (χ0n) is 10.1. The van der Waals surface area contributed by atoms with E-state index >= 15 is 0 Å². The highest BCUT2D eigenvalue weighted by Gasteiger charge is 2.36. The SMILES string of the molecule is CCCn1nncc1C1(O)CCCN(C)C1. The van der Waals surface area contributed by atoms with Gasteiger partial charge in [-0.2, -0.15) is 0 Å². The molecule has 1 aromatic heterocycles. The molecule has 1 aromatic rings. The summed E-state index contributed by atoms with van der Waals surface area (Å²) in [4.78, 5) is 2.16. The van der Waals surface area contributed by atoms with Gasteiger partial charge in [-0.3, -0.25) is 0 Å². The Morgan fingerprint density at radius 1 is 1.56 bits per heavy atom. The van der Waals surface area contributed by atoms with Gasteiger partial charge in [0.2, 0.25) is 0 Å². The van der Waals surface area contributed by atoms with Crippen molar-refractivity contribution in [1.29, 1.82) is 0 Å². The molecule has 1 unspecified atom stereocenters. The largest absolute Gasteiger partial charge is 0.382 e. The smallest absolute Gasteiger partial charge is 0.120 e. The van der Waals surface area contributed by atoms with Gasteiger partial charge in [-0.1, -0.05) is 12.1 Å². The van der Waals surface area contributed by atoms with Gasteiger partial charge >= 0.3 is 0 Å². The van der Waals surface area contributed by atoms with Crippen molar-refractivity contribution in [2.45, 2.75) is 38.3 Å². The number of hydrogen-bond donors (Lipinski definition) is 1. The fourth-order valence-corrected chi connectivity index (χ4v) is 2.45. The molecule has 90 valence electrons. The highest BCUT2D eigenvalue weighted by Crippen LogP contribution is 2.30. The van der Waals surface area contributed by atoms with E-state index in [2.05, 4.69) is 22.1 Å². The van der Waals surface area contributed by atoms with E-state index in [-0.39, 0.29) is 0 Å². The molecule has 2 rings (SSSR count). The van der Waals surface area contributed by atoms with Crippen molar-refractivity contribution >= 4 is 0 Å². The molecule has 1 fully saturated rings. The summed E-state index contributed by atoms with van der Waals surface area (Å²) in [5, 5.41) is 18.6. The lowest BCUT2D eigenvalue weighted by molar-refractivity contribution is -0.0346. The fourth-order valence-electron chi connectivity index (χ4n) is 2.45. The van der Waals surface area contributed by atoms with Crippen molar-refractivity contribution in [3.8, 4) is 0 Å². The number of aryl methyl sites for hydroxylation is 1. The van der Waals surface area contributed by atoms with Crippen LogP contribution in [0.25, 0.3) is 0 Å². The van der Waals surface area contributed by atoms with Gasteiger partial charge in [-0.25, -0.2) is 4.68 Å². The van der Waals surface area contributed by atoms with E-state index in [0.717, 1.165) is 38.0 Å². The van der Waals surface area contributed by atoms with Crippen molar-refractivity contribution in [2.24, 2.45) is 0 Å². The van der Waals surface area contributed by atoms with Crippen molar-refractivity contribution in [3.63, 3.8) is 0 Å². The first-order valence-electron chi connectivity index (χ1n) is 5.95. The number of hydrogen-bond acceptors (Lipinski definition) is 4. The van der Waals surface area contributed by atoms with Crippen LogP contribution in [0.1, 0.15) is 31.9 Å². The van der Waals surface area contributed by atoms with Crippen LogP contribution in [0, 0.1) is 0 Å². The molecular formula is C11H20N4O. The Kier molecular flexibility index (Phi) is 3.25. The number of aromatic nitrogens is 3. The minimum atomic E-state index is -0.772. The van der Waals surface area contributed by atoms with Crippen LogP contribution in [0.3, 0.4) is 0 Å². The van der Waals surface area contributed by atoms with E-state index in [1.54, 1.807) is 6.20 Å². The predicted molar refractivity (Wildman–Crippen MR) is 60.9 cm³/mol. The number of aliphatic hydroxyl groups is 1. The van der Waals surface area contributed by atoms with Crippen LogP contribution in [0.15, 0.2) is 6.20 Å². The van der Waals surface area contributed by atoms with Crippen LogP contribution in [0.5, 0.6) is 0 Å². The number of likely N-dealkylation sites (N-methyl/N-ethyl adjacent to an activating group) is 1. The van der Waals surface area contributed by atoms with E-state index < -0.39 is 5.60 Å². The average molecular weight is 224 g/mol. The molecule has 1 aliphatic heterocycles. The van der Waals surface area contributed by atoms with E-state index in [0.29, 0.717) is 6.54 Å². The molecule has 0 radical (unpaired) electrons. The first-order valence-corrected chi connectivity index (χ1v) is 5.95. The molecule has 0 amide bonds. The van der Waals surface area contributed by atoms with Crippen molar-refractivity contribution < 1.29 is 5.11 Å². The number of β-amino-alcohol motifs (C(OH)–C–C–N with tert-alkyl or cyclic N) is 1. The Hall–Kier alpha value is -0.940. The van der Waals surface area contributed by atoms with E-state index in [1.165, 1.54) is 0 Å². The summed E-state index contributed by atoms with van der Waals surface area (Å²) in [5.74, 6) is 0.